The van der Waals surface area contributed by atoms with E-state index in [-0.39, 0.29) is 17.2 Å². The first-order chi connectivity index (χ1) is 16.1. The van der Waals surface area contributed by atoms with E-state index in [4.69, 9.17) is 0 Å². The van der Waals surface area contributed by atoms with Gasteiger partial charge in [0, 0.05) is 10.8 Å². The van der Waals surface area contributed by atoms with Crippen LogP contribution in [0.1, 0.15) is 0 Å². The molecule has 0 aliphatic heterocycles. The van der Waals surface area contributed by atoms with Crippen molar-refractivity contribution >= 4 is 32.3 Å². The zero-order valence-electron chi connectivity index (χ0n) is 17.7. The summed E-state index contributed by atoms with van der Waals surface area (Å²) < 4.78 is 0. The Morgan fingerprint density at radius 2 is 1.03 bits per heavy atom. The fourth-order valence-corrected chi connectivity index (χ4v) is 4.89. The summed E-state index contributed by atoms with van der Waals surface area (Å²) in [5, 5.41) is 37.0. The Morgan fingerprint density at radius 1 is 0.394 bits per heavy atom. The van der Waals surface area contributed by atoms with Crippen molar-refractivity contribution in [1.82, 2.24) is 0 Å². The van der Waals surface area contributed by atoms with Crippen LogP contribution in [0.5, 0.6) is 17.2 Å². The Hall–Kier alpha value is -4.50. The van der Waals surface area contributed by atoms with Gasteiger partial charge in [0.1, 0.15) is 17.2 Å². The Bertz CT molecular complexity index is 1700. The van der Waals surface area contributed by atoms with Crippen LogP contribution in [0.3, 0.4) is 0 Å². The van der Waals surface area contributed by atoms with Crippen LogP contribution in [0.2, 0.25) is 0 Å². The van der Waals surface area contributed by atoms with E-state index in [0.29, 0.717) is 0 Å². The molecule has 0 saturated heterocycles. The largest absolute Gasteiger partial charge is 0.508 e. The van der Waals surface area contributed by atoms with E-state index in [1.54, 1.807) is 24.3 Å². The molecule has 158 valence electrons. The molecule has 33 heavy (non-hydrogen) atoms. The van der Waals surface area contributed by atoms with Crippen molar-refractivity contribution in [3.8, 4) is 39.5 Å². The predicted octanol–water partition coefficient (Wildman–Crippen LogP) is 7.60. The van der Waals surface area contributed by atoms with Gasteiger partial charge in [0.2, 0.25) is 0 Å². The highest BCUT2D eigenvalue weighted by Crippen LogP contribution is 2.44. The highest BCUT2D eigenvalue weighted by atomic mass is 16.3. The molecule has 0 atom stereocenters. The van der Waals surface area contributed by atoms with Crippen molar-refractivity contribution in [1.29, 1.82) is 0 Å². The van der Waals surface area contributed by atoms with Gasteiger partial charge in [-0.3, -0.25) is 0 Å². The summed E-state index contributed by atoms with van der Waals surface area (Å²) in [6, 6.07) is 32.4. The predicted molar refractivity (Wildman–Crippen MR) is 135 cm³/mol. The molecule has 0 bridgehead atoms. The van der Waals surface area contributed by atoms with Crippen LogP contribution in [0.4, 0.5) is 0 Å². The minimum absolute atomic E-state index is 0.186. The van der Waals surface area contributed by atoms with Crippen LogP contribution in [-0.2, 0) is 0 Å². The van der Waals surface area contributed by atoms with Crippen molar-refractivity contribution in [2.45, 2.75) is 0 Å². The van der Waals surface area contributed by atoms with Crippen LogP contribution in [0.15, 0.2) is 103 Å². The first kappa shape index (κ1) is 19.2. The zero-order chi connectivity index (χ0) is 22.5. The summed E-state index contributed by atoms with van der Waals surface area (Å²) in [6.45, 7) is 0. The molecule has 0 radical (unpaired) electrons. The van der Waals surface area contributed by atoms with Gasteiger partial charge in [0.25, 0.3) is 0 Å². The van der Waals surface area contributed by atoms with Gasteiger partial charge < -0.3 is 15.3 Å². The quantitative estimate of drug-likeness (QED) is 0.266. The molecule has 0 aliphatic carbocycles. The lowest BCUT2D eigenvalue weighted by atomic mass is 9.88. The summed E-state index contributed by atoms with van der Waals surface area (Å²) in [5.74, 6) is 0.613. The van der Waals surface area contributed by atoms with Crippen molar-refractivity contribution in [3.63, 3.8) is 0 Å². The van der Waals surface area contributed by atoms with Crippen LogP contribution in [-0.4, -0.2) is 15.3 Å². The van der Waals surface area contributed by atoms with Gasteiger partial charge in [-0.05, 0) is 68.1 Å². The topological polar surface area (TPSA) is 60.7 Å². The van der Waals surface area contributed by atoms with Crippen LogP contribution in [0.25, 0.3) is 54.6 Å². The number of hydrogen-bond donors (Lipinski definition) is 3. The molecule has 0 saturated carbocycles. The Morgan fingerprint density at radius 3 is 1.91 bits per heavy atom. The third kappa shape index (κ3) is 2.98. The Labute approximate surface area is 190 Å². The second kappa shape index (κ2) is 7.28. The summed E-state index contributed by atoms with van der Waals surface area (Å²) in [4.78, 5) is 0. The third-order valence-corrected chi connectivity index (χ3v) is 6.34. The number of phenolic OH excluding ortho intramolecular Hbond substituents is 3. The van der Waals surface area contributed by atoms with Crippen molar-refractivity contribution in [2.75, 3.05) is 0 Å². The molecule has 0 spiro atoms. The lowest BCUT2D eigenvalue weighted by Crippen LogP contribution is -1.89. The Balaban J connectivity index is 1.71. The first-order valence-electron chi connectivity index (χ1n) is 10.8. The second-order valence-electron chi connectivity index (χ2n) is 8.25. The normalized spacial score (nSPS) is 11.4. The van der Waals surface area contributed by atoms with Crippen molar-refractivity contribution in [3.05, 3.63) is 103 Å². The van der Waals surface area contributed by atoms with E-state index in [0.717, 1.165) is 54.6 Å². The monoisotopic (exact) mass is 428 g/mol. The number of rotatable bonds is 2. The summed E-state index contributed by atoms with van der Waals surface area (Å²) in [5.41, 5.74) is 3.65. The summed E-state index contributed by atoms with van der Waals surface area (Å²) >= 11 is 0. The van der Waals surface area contributed by atoms with Crippen molar-refractivity contribution < 1.29 is 15.3 Å². The number of hydrogen-bond acceptors (Lipinski definition) is 3. The van der Waals surface area contributed by atoms with E-state index in [1.165, 1.54) is 0 Å². The van der Waals surface area contributed by atoms with E-state index in [9.17, 15) is 15.3 Å². The van der Waals surface area contributed by atoms with Crippen LogP contribution < -0.4 is 0 Å². The maximum atomic E-state index is 11.0. The van der Waals surface area contributed by atoms with E-state index >= 15 is 0 Å². The molecule has 3 nitrogen and oxygen atoms in total. The maximum absolute atomic E-state index is 11.0. The molecule has 0 amide bonds. The van der Waals surface area contributed by atoms with E-state index in [1.807, 2.05) is 78.9 Å². The highest BCUT2D eigenvalue weighted by molar-refractivity contribution is 6.14. The van der Waals surface area contributed by atoms with E-state index in [2.05, 4.69) is 0 Å². The van der Waals surface area contributed by atoms with Crippen molar-refractivity contribution in [2.24, 2.45) is 0 Å². The lowest BCUT2D eigenvalue weighted by molar-refractivity contribution is 0.476. The number of aromatic hydroxyl groups is 3. The van der Waals surface area contributed by atoms with Gasteiger partial charge in [-0.25, -0.2) is 0 Å². The van der Waals surface area contributed by atoms with Gasteiger partial charge in [0.05, 0.1) is 0 Å². The zero-order valence-corrected chi connectivity index (χ0v) is 17.7. The number of fused-ring (bicyclic) bond motifs is 3. The Kier molecular flexibility index (Phi) is 4.24. The molecular weight excluding hydrogens is 408 g/mol. The standard InChI is InChI=1S/C30H20O3/c31-19-16-18-6-1-2-7-20(18)27(17-19)23-14-15-26(30-25(23)11-5-13-29(30)33)22-8-3-10-24-21(22)9-4-12-28(24)32/h1-17,31-33H. The fourth-order valence-electron chi connectivity index (χ4n) is 4.89. The van der Waals surface area contributed by atoms with Crippen LogP contribution in [0, 0.1) is 0 Å². The van der Waals surface area contributed by atoms with Gasteiger partial charge in [-0.15, -0.1) is 0 Å². The molecule has 0 heterocycles. The van der Waals surface area contributed by atoms with Gasteiger partial charge in [-0.1, -0.05) is 78.9 Å². The van der Waals surface area contributed by atoms with Crippen LogP contribution >= 0.6 is 0 Å². The summed E-state index contributed by atoms with van der Waals surface area (Å²) in [6.07, 6.45) is 0. The molecule has 0 fully saturated rings. The average molecular weight is 428 g/mol. The molecule has 0 aromatic heterocycles. The lowest BCUT2D eigenvalue weighted by Gasteiger charge is -2.16. The third-order valence-electron chi connectivity index (χ3n) is 6.34. The minimum Gasteiger partial charge on any atom is -0.508 e. The molecule has 6 rings (SSSR count). The van der Waals surface area contributed by atoms with Gasteiger partial charge in [0.15, 0.2) is 0 Å². The SMILES string of the molecule is Oc1cc(-c2ccc(-c3cccc4c(O)cccc34)c3c(O)cccc23)c2ccccc2c1. The minimum atomic E-state index is 0.186. The smallest absolute Gasteiger partial charge is 0.124 e. The maximum Gasteiger partial charge on any atom is 0.124 e. The average Bonchev–Trinajstić information content (AvgIpc) is 2.83. The molecular formula is C30H20O3. The van der Waals surface area contributed by atoms with E-state index < -0.39 is 0 Å². The number of benzene rings is 6. The highest BCUT2D eigenvalue weighted by Gasteiger charge is 2.16. The molecule has 3 heteroatoms. The molecule has 6 aromatic carbocycles. The molecule has 0 unspecified atom stereocenters. The number of phenols is 3. The fraction of sp³-hybridized carbons (Fsp3) is 0. The molecule has 0 aliphatic rings. The summed E-state index contributed by atoms with van der Waals surface area (Å²) in [7, 11) is 0. The van der Waals surface area contributed by atoms with Gasteiger partial charge in [-0.2, -0.15) is 0 Å². The second-order valence-corrected chi connectivity index (χ2v) is 8.25. The molecule has 3 N–H and O–H groups in total. The van der Waals surface area contributed by atoms with Gasteiger partial charge >= 0.3 is 0 Å². The molecule has 6 aromatic rings. The first-order valence-corrected chi connectivity index (χ1v) is 10.8.